The molecule has 1 aliphatic heterocycles. The zero-order chi connectivity index (χ0) is 21.9. The van der Waals surface area contributed by atoms with E-state index in [1.807, 2.05) is 76.4 Å². The molecule has 164 valence electrons. The lowest BCUT2D eigenvalue weighted by Gasteiger charge is -2.23. The van der Waals surface area contributed by atoms with Crippen molar-refractivity contribution >= 4 is 11.8 Å². The number of nitrogens with one attached hydrogen (secondary N) is 1. The van der Waals surface area contributed by atoms with E-state index in [2.05, 4.69) is 5.32 Å². The third kappa shape index (κ3) is 4.17. The molecule has 1 atom stereocenters. The van der Waals surface area contributed by atoms with Gasteiger partial charge in [0.1, 0.15) is 0 Å². The fraction of sp³-hybridized carbons (Fsp3) is 0.346. The molecule has 1 saturated heterocycles. The molecule has 1 N–H and O–H groups in total. The maximum absolute atomic E-state index is 12.9. The molecule has 1 unspecified atom stereocenters. The van der Waals surface area contributed by atoms with Crippen molar-refractivity contribution in [1.29, 1.82) is 0 Å². The van der Waals surface area contributed by atoms with Gasteiger partial charge in [-0.15, -0.1) is 0 Å². The van der Waals surface area contributed by atoms with Gasteiger partial charge >= 0.3 is 0 Å². The van der Waals surface area contributed by atoms with E-state index in [4.69, 9.17) is 5.10 Å². The molecule has 2 aliphatic rings. The maximum Gasteiger partial charge on any atom is 0.225 e. The predicted octanol–water partition coefficient (Wildman–Crippen LogP) is 3.95. The highest BCUT2D eigenvalue weighted by Crippen LogP contribution is 2.30. The third-order valence-corrected chi connectivity index (χ3v) is 6.61. The quantitative estimate of drug-likeness (QED) is 0.647. The highest BCUT2D eigenvalue weighted by Gasteiger charge is 2.38. The number of carbonyl (C=O) groups excluding carboxylic acids is 2. The summed E-state index contributed by atoms with van der Waals surface area (Å²) in [6, 6.07) is 20.3. The van der Waals surface area contributed by atoms with Crippen LogP contribution in [-0.2, 0) is 16.1 Å². The van der Waals surface area contributed by atoms with E-state index in [1.165, 1.54) is 12.8 Å². The lowest BCUT2D eigenvalue weighted by Crippen LogP contribution is -2.36. The van der Waals surface area contributed by atoms with Crippen LogP contribution in [0.25, 0.3) is 16.9 Å². The number of para-hydroxylation sites is 1. The van der Waals surface area contributed by atoms with Crippen LogP contribution in [0.4, 0.5) is 0 Å². The third-order valence-electron chi connectivity index (χ3n) is 6.61. The van der Waals surface area contributed by atoms with Crippen molar-refractivity contribution < 1.29 is 9.59 Å². The molecule has 6 nitrogen and oxygen atoms in total. The molecule has 2 fully saturated rings. The van der Waals surface area contributed by atoms with Crippen LogP contribution in [0.3, 0.4) is 0 Å². The summed E-state index contributed by atoms with van der Waals surface area (Å²) in [5.41, 5.74) is 3.78. The average molecular weight is 429 g/mol. The number of likely N-dealkylation sites (tertiary alicyclic amines) is 1. The summed E-state index contributed by atoms with van der Waals surface area (Å²) in [4.78, 5) is 27.4. The van der Waals surface area contributed by atoms with Crippen LogP contribution >= 0.6 is 0 Å². The average Bonchev–Trinajstić information content (AvgIpc) is 3.58. The number of rotatable bonds is 6. The minimum atomic E-state index is -0.271. The van der Waals surface area contributed by atoms with Gasteiger partial charge in [-0.3, -0.25) is 9.59 Å². The van der Waals surface area contributed by atoms with Crippen LogP contribution in [-0.4, -0.2) is 39.1 Å². The van der Waals surface area contributed by atoms with Gasteiger partial charge < -0.3 is 10.2 Å². The smallest absolute Gasteiger partial charge is 0.225 e. The summed E-state index contributed by atoms with van der Waals surface area (Å²) >= 11 is 0. The van der Waals surface area contributed by atoms with Gasteiger partial charge in [-0.1, -0.05) is 61.4 Å². The second-order valence-corrected chi connectivity index (χ2v) is 8.75. The summed E-state index contributed by atoms with van der Waals surface area (Å²) < 4.78 is 1.85. The highest BCUT2D eigenvalue weighted by atomic mass is 16.2. The highest BCUT2D eigenvalue weighted by molar-refractivity contribution is 5.89. The molecule has 2 heterocycles. The van der Waals surface area contributed by atoms with E-state index in [0.29, 0.717) is 25.6 Å². The molecular weight excluding hydrogens is 400 g/mol. The molecule has 3 aromatic rings. The monoisotopic (exact) mass is 428 g/mol. The van der Waals surface area contributed by atoms with E-state index in [9.17, 15) is 9.59 Å². The van der Waals surface area contributed by atoms with Crippen LogP contribution in [0.5, 0.6) is 0 Å². The summed E-state index contributed by atoms with van der Waals surface area (Å²) in [5.74, 6) is -0.198. The Morgan fingerprint density at radius 1 is 1.00 bits per heavy atom. The molecule has 6 heteroatoms. The summed E-state index contributed by atoms with van der Waals surface area (Å²) in [5, 5.41) is 7.88. The first-order valence-electron chi connectivity index (χ1n) is 11.5. The van der Waals surface area contributed by atoms with Gasteiger partial charge in [0, 0.05) is 42.9 Å². The zero-order valence-electron chi connectivity index (χ0n) is 18.1. The molecule has 1 aromatic heterocycles. The lowest BCUT2D eigenvalue weighted by molar-refractivity contribution is -0.130. The number of hydrogen-bond donors (Lipinski definition) is 1. The minimum Gasteiger partial charge on any atom is -0.352 e. The fourth-order valence-corrected chi connectivity index (χ4v) is 4.89. The predicted molar refractivity (Wildman–Crippen MR) is 123 cm³/mol. The maximum atomic E-state index is 12.9. The normalized spacial score (nSPS) is 18.9. The first-order chi connectivity index (χ1) is 15.7. The largest absolute Gasteiger partial charge is 0.352 e. The van der Waals surface area contributed by atoms with Gasteiger partial charge in [0.2, 0.25) is 11.8 Å². The van der Waals surface area contributed by atoms with Crippen LogP contribution in [0.2, 0.25) is 0 Å². The molecular formula is C26H28N4O2. The standard InChI is InChI=1S/C26H28N4O2/c31-24-15-20(17-29(24)22-11-7-8-12-22)26(32)27-16-21-18-30(23-13-5-2-6-14-23)28-25(21)19-9-3-1-4-10-19/h1-6,9-10,13-14,18,20,22H,7-8,11-12,15-17H2,(H,27,32). The van der Waals surface area contributed by atoms with Crippen molar-refractivity contribution in [2.24, 2.45) is 5.92 Å². The molecule has 0 spiro atoms. The number of benzene rings is 2. The number of nitrogens with zero attached hydrogens (tertiary/aromatic N) is 3. The van der Waals surface area contributed by atoms with Crippen molar-refractivity contribution in [1.82, 2.24) is 20.0 Å². The molecule has 2 aromatic carbocycles. The molecule has 1 saturated carbocycles. The molecule has 0 radical (unpaired) electrons. The Hall–Kier alpha value is -3.41. The van der Waals surface area contributed by atoms with Gasteiger partial charge in [0.05, 0.1) is 17.3 Å². The van der Waals surface area contributed by atoms with E-state index in [0.717, 1.165) is 35.3 Å². The number of hydrogen-bond acceptors (Lipinski definition) is 3. The Morgan fingerprint density at radius 3 is 2.41 bits per heavy atom. The van der Waals surface area contributed by atoms with Crippen molar-refractivity contribution in [2.45, 2.75) is 44.7 Å². The number of amides is 2. The number of carbonyl (C=O) groups is 2. The first-order valence-corrected chi connectivity index (χ1v) is 11.5. The van der Waals surface area contributed by atoms with Crippen LogP contribution in [0.1, 0.15) is 37.7 Å². The zero-order valence-corrected chi connectivity index (χ0v) is 18.1. The summed E-state index contributed by atoms with van der Waals surface area (Å²) in [6.45, 7) is 0.925. The van der Waals surface area contributed by atoms with E-state index < -0.39 is 0 Å². The Bertz CT molecular complexity index is 1090. The summed E-state index contributed by atoms with van der Waals surface area (Å²) in [7, 11) is 0. The molecule has 32 heavy (non-hydrogen) atoms. The van der Waals surface area contributed by atoms with E-state index in [1.54, 1.807) is 0 Å². The van der Waals surface area contributed by atoms with Gasteiger partial charge in [0.15, 0.2) is 0 Å². The van der Waals surface area contributed by atoms with Crippen LogP contribution in [0.15, 0.2) is 66.9 Å². The summed E-state index contributed by atoms with van der Waals surface area (Å²) in [6.07, 6.45) is 6.79. The van der Waals surface area contributed by atoms with Crippen molar-refractivity contribution in [3.8, 4) is 16.9 Å². The Kier molecular flexibility index (Phi) is 5.75. The first kappa shape index (κ1) is 20.5. The molecule has 1 aliphatic carbocycles. The Morgan fingerprint density at radius 2 is 1.69 bits per heavy atom. The molecule has 2 amide bonds. The van der Waals surface area contributed by atoms with Crippen LogP contribution < -0.4 is 5.32 Å². The van der Waals surface area contributed by atoms with Gasteiger partial charge in [-0.05, 0) is 25.0 Å². The Labute approximate surface area is 188 Å². The minimum absolute atomic E-state index is 0.0506. The van der Waals surface area contributed by atoms with Gasteiger partial charge in [0.25, 0.3) is 0 Å². The van der Waals surface area contributed by atoms with Crippen LogP contribution in [0, 0.1) is 5.92 Å². The van der Waals surface area contributed by atoms with Crippen molar-refractivity contribution in [3.63, 3.8) is 0 Å². The van der Waals surface area contributed by atoms with E-state index in [-0.39, 0.29) is 17.7 Å². The fourth-order valence-electron chi connectivity index (χ4n) is 4.89. The van der Waals surface area contributed by atoms with Gasteiger partial charge in [-0.25, -0.2) is 4.68 Å². The van der Waals surface area contributed by atoms with E-state index >= 15 is 0 Å². The molecule has 0 bridgehead atoms. The lowest BCUT2D eigenvalue weighted by atomic mass is 10.1. The topological polar surface area (TPSA) is 67.2 Å². The second kappa shape index (κ2) is 8.99. The molecule has 5 rings (SSSR count). The van der Waals surface area contributed by atoms with Crippen molar-refractivity contribution in [2.75, 3.05) is 6.54 Å². The number of aromatic nitrogens is 2. The second-order valence-electron chi connectivity index (χ2n) is 8.75. The Balaban J connectivity index is 1.32. The van der Waals surface area contributed by atoms with Crippen molar-refractivity contribution in [3.05, 3.63) is 72.4 Å². The van der Waals surface area contributed by atoms with Gasteiger partial charge in [-0.2, -0.15) is 5.10 Å². The SMILES string of the molecule is O=C(NCc1cn(-c2ccccc2)nc1-c1ccccc1)C1CC(=O)N(C2CCCC2)C1.